The van der Waals surface area contributed by atoms with Gasteiger partial charge in [-0.2, -0.15) is 13.2 Å². The SMILES string of the molecule is CC.CC.CC.CC.CC.O=C(Oc1ccc2c(c1)CC1CCC(C2)C1NS(=O)(=O)c1ccc(Cl)s1)c1ccc(C(F)(F)F)cc1. The molecule has 0 radical (unpaired) electrons. The summed E-state index contributed by atoms with van der Waals surface area (Å²) in [6, 6.07) is 12.0. The highest BCUT2D eigenvalue weighted by Crippen LogP contribution is 2.42. The number of alkyl halides is 3. The van der Waals surface area contributed by atoms with Gasteiger partial charge in [0.2, 0.25) is 10.0 Å². The van der Waals surface area contributed by atoms with E-state index in [4.69, 9.17) is 16.3 Å². The summed E-state index contributed by atoms with van der Waals surface area (Å²) in [6.45, 7) is 20.0. The van der Waals surface area contributed by atoms with Crippen molar-refractivity contribution in [3.63, 3.8) is 0 Å². The standard InChI is InChI=1S/C25H21ClF3NO4S2.5C2H6/c26-21-9-10-22(35-21)36(32,33)30-23-16-1-2-17(23)12-18-13-20(8-5-15(18)11-16)34-24(31)14-3-6-19(7-4-14)25(27,28)29;5*1-2/h3-10,13,16-17,23,30H,1-2,11-12H2;5*1-2H3. The topological polar surface area (TPSA) is 72.5 Å². The van der Waals surface area contributed by atoms with Gasteiger partial charge < -0.3 is 4.74 Å². The highest BCUT2D eigenvalue weighted by atomic mass is 35.5. The Balaban J connectivity index is 0.00000185. The number of thiophene rings is 1. The van der Waals surface area contributed by atoms with Crippen molar-refractivity contribution < 1.29 is 31.1 Å². The molecule has 2 aliphatic carbocycles. The fraction of sp³-hybridized carbons (Fsp3) is 0.514. The number of nitrogens with one attached hydrogen (secondary N) is 1. The van der Waals surface area contributed by atoms with Crippen LogP contribution in [0.5, 0.6) is 5.75 Å². The molecule has 3 atom stereocenters. The molecule has 0 aliphatic heterocycles. The van der Waals surface area contributed by atoms with Crippen LogP contribution in [0.4, 0.5) is 13.2 Å². The molecule has 2 aliphatic rings. The molecule has 260 valence electrons. The van der Waals surface area contributed by atoms with Gasteiger partial charge in [-0.1, -0.05) is 86.9 Å². The predicted octanol–water partition coefficient (Wildman–Crippen LogP) is 11.2. The molecule has 1 fully saturated rings. The molecule has 0 amide bonds. The number of carbonyl (C=O) groups excluding carboxylic acids is 1. The lowest BCUT2D eigenvalue weighted by atomic mass is 9.93. The van der Waals surface area contributed by atoms with Gasteiger partial charge in [0.15, 0.2) is 0 Å². The van der Waals surface area contributed by atoms with E-state index in [2.05, 4.69) is 4.72 Å². The molecular weight excluding hydrogens is 655 g/mol. The molecule has 3 aromatic rings. The Hall–Kier alpha value is -2.40. The number of benzene rings is 2. The Labute approximate surface area is 284 Å². The Morgan fingerprint density at radius 2 is 1.33 bits per heavy atom. The summed E-state index contributed by atoms with van der Waals surface area (Å²) >= 11 is 6.94. The van der Waals surface area contributed by atoms with Crippen LogP contribution in [-0.4, -0.2) is 20.4 Å². The van der Waals surface area contributed by atoms with Gasteiger partial charge in [-0.15, -0.1) is 11.3 Å². The van der Waals surface area contributed by atoms with Crippen LogP contribution >= 0.6 is 22.9 Å². The van der Waals surface area contributed by atoms with Gasteiger partial charge in [0.1, 0.15) is 9.96 Å². The van der Waals surface area contributed by atoms with Gasteiger partial charge >= 0.3 is 12.1 Å². The summed E-state index contributed by atoms with van der Waals surface area (Å²) in [5.41, 5.74) is 1.22. The van der Waals surface area contributed by atoms with Crippen molar-refractivity contribution in [1.29, 1.82) is 0 Å². The third-order valence-corrected chi connectivity index (χ3v) is 10.0. The minimum absolute atomic E-state index is 0.0140. The largest absolute Gasteiger partial charge is 0.423 e. The molecule has 0 spiro atoms. The molecule has 1 heterocycles. The monoisotopic (exact) mass is 705 g/mol. The van der Waals surface area contributed by atoms with E-state index in [-0.39, 0.29) is 27.7 Å². The average Bonchev–Trinajstić information content (AvgIpc) is 3.64. The molecule has 1 saturated carbocycles. The second-order valence-electron chi connectivity index (χ2n) is 9.11. The molecule has 5 rings (SSSR count). The lowest BCUT2D eigenvalue weighted by molar-refractivity contribution is -0.137. The zero-order chi connectivity index (χ0) is 35.7. The Morgan fingerprint density at radius 1 is 0.804 bits per heavy atom. The molecule has 5 nitrogen and oxygen atoms in total. The molecule has 2 aromatic carbocycles. The number of fused-ring (bicyclic) bond motifs is 3. The van der Waals surface area contributed by atoms with E-state index in [0.29, 0.717) is 22.9 Å². The maximum atomic E-state index is 12.9. The number of halogens is 4. The minimum atomic E-state index is -4.48. The molecule has 2 bridgehead atoms. The van der Waals surface area contributed by atoms with Crippen molar-refractivity contribution in [2.75, 3.05) is 0 Å². The van der Waals surface area contributed by atoms with Crippen molar-refractivity contribution in [3.8, 4) is 5.75 Å². The Bertz CT molecular complexity index is 1410. The molecule has 1 aromatic heterocycles. The van der Waals surface area contributed by atoms with E-state index >= 15 is 0 Å². The van der Waals surface area contributed by atoms with Crippen LogP contribution < -0.4 is 9.46 Å². The van der Waals surface area contributed by atoms with Crippen LogP contribution in [0.25, 0.3) is 0 Å². The second kappa shape index (κ2) is 21.5. The van der Waals surface area contributed by atoms with Crippen molar-refractivity contribution in [3.05, 3.63) is 81.2 Å². The molecule has 3 unspecified atom stereocenters. The van der Waals surface area contributed by atoms with E-state index in [9.17, 15) is 26.4 Å². The van der Waals surface area contributed by atoms with Gasteiger partial charge in [0.25, 0.3) is 0 Å². The third kappa shape index (κ3) is 12.0. The van der Waals surface area contributed by atoms with Crippen LogP contribution in [0.3, 0.4) is 0 Å². The predicted molar refractivity (Wildman–Crippen MR) is 187 cm³/mol. The first-order valence-corrected chi connectivity index (χ1v) is 19.0. The maximum Gasteiger partial charge on any atom is 0.416 e. The summed E-state index contributed by atoms with van der Waals surface area (Å²) in [4.78, 5) is 12.5. The van der Waals surface area contributed by atoms with Crippen LogP contribution in [-0.2, 0) is 29.0 Å². The quantitative estimate of drug-likeness (QED) is 0.212. The summed E-state index contributed by atoms with van der Waals surface area (Å²) in [5, 5.41) is 0. The van der Waals surface area contributed by atoms with Crippen LogP contribution in [0, 0.1) is 11.8 Å². The maximum absolute atomic E-state index is 12.9. The van der Waals surface area contributed by atoms with E-state index < -0.39 is 27.7 Å². The highest BCUT2D eigenvalue weighted by Gasteiger charge is 2.41. The van der Waals surface area contributed by atoms with Crippen molar-refractivity contribution in [1.82, 2.24) is 4.72 Å². The first-order chi connectivity index (χ1) is 22.0. The zero-order valence-corrected chi connectivity index (χ0v) is 31.1. The molecular formula is C35H51ClF3NO4S2. The number of rotatable bonds is 5. The second-order valence-corrected chi connectivity index (χ2v) is 12.8. The van der Waals surface area contributed by atoms with E-state index in [1.165, 1.54) is 6.07 Å². The minimum Gasteiger partial charge on any atom is -0.423 e. The number of esters is 1. The summed E-state index contributed by atoms with van der Waals surface area (Å²) in [6.07, 6.45) is -1.39. The first-order valence-electron chi connectivity index (χ1n) is 16.3. The highest BCUT2D eigenvalue weighted by molar-refractivity contribution is 7.91. The summed E-state index contributed by atoms with van der Waals surface area (Å²) in [7, 11) is -3.69. The average molecular weight is 706 g/mol. The van der Waals surface area contributed by atoms with E-state index in [0.717, 1.165) is 59.6 Å². The summed E-state index contributed by atoms with van der Waals surface area (Å²) < 4.78 is 73.1. The normalized spacial score (nSPS) is 17.6. The molecule has 1 N–H and O–H groups in total. The van der Waals surface area contributed by atoms with Crippen molar-refractivity contribution in [2.45, 2.75) is 111 Å². The first kappa shape index (κ1) is 43.6. The Morgan fingerprint density at radius 3 is 1.80 bits per heavy atom. The van der Waals surface area contributed by atoms with Crippen molar-refractivity contribution in [2.24, 2.45) is 11.8 Å². The lowest BCUT2D eigenvalue weighted by Crippen LogP contribution is -2.41. The third-order valence-electron chi connectivity index (χ3n) is 6.83. The number of ether oxygens (including phenoxy) is 1. The van der Waals surface area contributed by atoms with Gasteiger partial charge in [0.05, 0.1) is 15.5 Å². The molecule has 46 heavy (non-hydrogen) atoms. The number of hydrogen-bond donors (Lipinski definition) is 1. The fourth-order valence-electron chi connectivity index (χ4n) is 5.08. The van der Waals surface area contributed by atoms with Gasteiger partial charge in [-0.3, -0.25) is 0 Å². The molecule has 11 heteroatoms. The number of sulfonamides is 1. The number of hydrogen-bond acceptors (Lipinski definition) is 5. The fourth-order valence-corrected chi connectivity index (χ4v) is 7.96. The van der Waals surface area contributed by atoms with Crippen LogP contribution in [0.2, 0.25) is 4.34 Å². The Kier molecular flexibility index (Phi) is 20.3. The lowest BCUT2D eigenvalue weighted by Gasteiger charge is -2.23. The van der Waals surface area contributed by atoms with Gasteiger partial charge in [0, 0.05) is 6.04 Å². The van der Waals surface area contributed by atoms with Gasteiger partial charge in [-0.05, 0) is 97.2 Å². The van der Waals surface area contributed by atoms with Gasteiger partial charge in [-0.25, -0.2) is 17.9 Å². The van der Waals surface area contributed by atoms with E-state index in [1.54, 1.807) is 18.2 Å². The molecule has 0 saturated heterocycles. The smallest absolute Gasteiger partial charge is 0.416 e. The number of carbonyl (C=O) groups is 1. The summed E-state index contributed by atoms with van der Waals surface area (Å²) in [5.74, 6) is -0.231. The van der Waals surface area contributed by atoms with Crippen molar-refractivity contribution >= 4 is 38.9 Å². The van der Waals surface area contributed by atoms with E-state index in [1.807, 2.05) is 75.3 Å². The van der Waals surface area contributed by atoms with Crippen LogP contribution in [0.15, 0.2) is 58.8 Å². The van der Waals surface area contributed by atoms with Crippen LogP contribution in [0.1, 0.15) is 109 Å². The zero-order valence-electron chi connectivity index (χ0n) is 28.7.